The third-order valence-electron chi connectivity index (χ3n) is 4.58. The highest BCUT2D eigenvalue weighted by molar-refractivity contribution is 6.45. The van der Waals surface area contributed by atoms with Gasteiger partial charge in [0.2, 0.25) is 0 Å². The van der Waals surface area contributed by atoms with Gasteiger partial charge < -0.3 is 5.32 Å². The van der Waals surface area contributed by atoms with Crippen LogP contribution in [0.1, 0.15) is 37.7 Å². The van der Waals surface area contributed by atoms with Crippen molar-refractivity contribution >= 4 is 23.0 Å². The van der Waals surface area contributed by atoms with E-state index < -0.39 is 4.92 Å². The van der Waals surface area contributed by atoms with Crippen LogP contribution in [0.2, 0.25) is 0 Å². The number of hydrogen-bond donors (Lipinski definition) is 2. The van der Waals surface area contributed by atoms with Gasteiger partial charge in [0.1, 0.15) is 0 Å². The number of hydrogen-bond acceptors (Lipinski definition) is 5. The van der Waals surface area contributed by atoms with Crippen molar-refractivity contribution in [2.24, 2.45) is 5.10 Å². The molecule has 7 heteroatoms. The molecule has 2 N–H and O–H groups in total. The molecule has 140 valence electrons. The molecule has 1 aliphatic carbocycles. The Morgan fingerprint density at radius 3 is 2.30 bits per heavy atom. The lowest BCUT2D eigenvalue weighted by Crippen LogP contribution is -2.40. The van der Waals surface area contributed by atoms with Gasteiger partial charge in [0.15, 0.2) is 5.71 Å². The summed E-state index contributed by atoms with van der Waals surface area (Å²) < 4.78 is 0. The molecular weight excluding hydrogens is 344 g/mol. The SMILES string of the molecule is O=C(NC1CCCCC1)/C(=N/Nc1ccc([N+](=O)[O-])cc1)c1ccccc1. The van der Waals surface area contributed by atoms with Crippen LogP contribution in [0.5, 0.6) is 0 Å². The minimum atomic E-state index is -0.458. The Kier molecular flexibility index (Phi) is 6.14. The van der Waals surface area contributed by atoms with Gasteiger partial charge in [-0.05, 0) is 25.0 Å². The van der Waals surface area contributed by atoms with Gasteiger partial charge in [-0.2, -0.15) is 5.10 Å². The lowest BCUT2D eigenvalue weighted by atomic mass is 9.95. The van der Waals surface area contributed by atoms with Crippen molar-refractivity contribution in [3.8, 4) is 0 Å². The van der Waals surface area contributed by atoms with Gasteiger partial charge in [-0.1, -0.05) is 49.6 Å². The number of anilines is 1. The predicted octanol–water partition coefficient (Wildman–Crippen LogP) is 3.86. The maximum atomic E-state index is 12.8. The van der Waals surface area contributed by atoms with E-state index in [1.807, 2.05) is 30.3 Å². The zero-order valence-electron chi connectivity index (χ0n) is 14.9. The van der Waals surface area contributed by atoms with Crippen molar-refractivity contribution in [3.05, 3.63) is 70.3 Å². The van der Waals surface area contributed by atoms with Crippen molar-refractivity contribution in [1.82, 2.24) is 5.32 Å². The Labute approximate surface area is 157 Å². The predicted molar refractivity (Wildman–Crippen MR) is 105 cm³/mol. The number of carbonyl (C=O) groups is 1. The number of benzene rings is 2. The van der Waals surface area contributed by atoms with E-state index in [4.69, 9.17) is 0 Å². The Bertz CT molecular complexity index is 813. The lowest BCUT2D eigenvalue weighted by Gasteiger charge is -2.23. The zero-order chi connectivity index (χ0) is 19.1. The highest BCUT2D eigenvalue weighted by Gasteiger charge is 2.20. The number of nitro groups is 1. The van der Waals surface area contributed by atoms with Crippen LogP contribution in [0.3, 0.4) is 0 Å². The first-order valence-electron chi connectivity index (χ1n) is 9.08. The minimum absolute atomic E-state index is 0.00264. The van der Waals surface area contributed by atoms with Gasteiger partial charge >= 0.3 is 0 Å². The molecule has 1 saturated carbocycles. The molecule has 1 aliphatic rings. The Hall–Kier alpha value is -3.22. The third kappa shape index (κ3) is 5.13. The highest BCUT2D eigenvalue weighted by atomic mass is 16.6. The van der Waals surface area contributed by atoms with Gasteiger partial charge in [0, 0.05) is 23.7 Å². The summed E-state index contributed by atoms with van der Waals surface area (Å²) in [6.07, 6.45) is 5.45. The molecule has 0 bridgehead atoms. The maximum absolute atomic E-state index is 12.8. The van der Waals surface area contributed by atoms with Gasteiger partial charge in [-0.25, -0.2) is 0 Å². The van der Waals surface area contributed by atoms with E-state index in [1.54, 1.807) is 12.1 Å². The summed E-state index contributed by atoms with van der Waals surface area (Å²) in [5.41, 5.74) is 4.40. The second-order valence-electron chi connectivity index (χ2n) is 6.55. The topological polar surface area (TPSA) is 96.6 Å². The molecule has 0 aromatic heterocycles. The summed E-state index contributed by atoms with van der Waals surface area (Å²) in [6.45, 7) is 0. The monoisotopic (exact) mass is 366 g/mol. The summed E-state index contributed by atoms with van der Waals surface area (Å²) in [7, 11) is 0. The lowest BCUT2D eigenvalue weighted by molar-refractivity contribution is -0.384. The number of nitro benzene ring substituents is 1. The van der Waals surface area contributed by atoms with Crippen molar-refractivity contribution in [2.75, 3.05) is 5.43 Å². The molecule has 3 rings (SSSR count). The molecule has 0 spiro atoms. The maximum Gasteiger partial charge on any atom is 0.272 e. The van der Waals surface area contributed by atoms with Crippen LogP contribution >= 0.6 is 0 Å². The average molecular weight is 366 g/mol. The number of non-ortho nitro benzene ring substituents is 1. The van der Waals surface area contributed by atoms with Crippen LogP contribution in [0.4, 0.5) is 11.4 Å². The van der Waals surface area contributed by atoms with Gasteiger partial charge in [-0.3, -0.25) is 20.3 Å². The van der Waals surface area contributed by atoms with E-state index in [0.29, 0.717) is 17.0 Å². The first-order chi connectivity index (χ1) is 13.1. The summed E-state index contributed by atoms with van der Waals surface area (Å²) in [5, 5.41) is 18.1. The molecular formula is C20H22N4O3. The molecule has 2 aromatic carbocycles. The Morgan fingerprint density at radius 1 is 1.00 bits per heavy atom. The molecule has 0 unspecified atom stereocenters. The van der Waals surface area contributed by atoms with Crippen molar-refractivity contribution in [2.45, 2.75) is 38.1 Å². The number of rotatable bonds is 6. The molecule has 2 aromatic rings. The summed E-state index contributed by atoms with van der Waals surface area (Å²) in [4.78, 5) is 23.1. The molecule has 0 radical (unpaired) electrons. The second kappa shape index (κ2) is 8.93. The number of nitrogens with one attached hydrogen (secondary N) is 2. The van der Waals surface area contributed by atoms with Crippen LogP contribution in [-0.4, -0.2) is 22.6 Å². The molecule has 27 heavy (non-hydrogen) atoms. The molecule has 7 nitrogen and oxygen atoms in total. The van der Waals surface area contributed by atoms with Gasteiger partial charge in [0.05, 0.1) is 10.6 Å². The summed E-state index contributed by atoms with van der Waals surface area (Å²) in [5.74, 6) is -0.220. The standard InChI is InChI=1S/C20H22N4O3/c25-20(21-16-9-5-2-6-10-16)19(15-7-3-1-4-8-15)23-22-17-11-13-18(14-12-17)24(26)27/h1,3-4,7-8,11-14,16,22H,2,5-6,9-10H2,(H,21,25)/b23-19+. The number of amides is 1. The van der Waals surface area contributed by atoms with E-state index in [0.717, 1.165) is 25.7 Å². The number of carbonyl (C=O) groups excluding carboxylic acids is 1. The molecule has 1 amide bonds. The second-order valence-corrected chi connectivity index (χ2v) is 6.55. The normalized spacial score (nSPS) is 15.2. The quantitative estimate of drug-likeness (QED) is 0.461. The molecule has 0 aliphatic heterocycles. The summed E-state index contributed by atoms with van der Waals surface area (Å²) >= 11 is 0. The molecule has 0 atom stereocenters. The summed E-state index contributed by atoms with van der Waals surface area (Å²) in [6, 6.07) is 15.3. The fourth-order valence-electron chi connectivity index (χ4n) is 3.12. The van der Waals surface area contributed by atoms with E-state index in [-0.39, 0.29) is 17.6 Å². The molecule has 0 saturated heterocycles. The fourth-order valence-corrected chi connectivity index (χ4v) is 3.12. The molecule has 1 fully saturated rings. The first kappa shape index (κ1) is 18.6. The van der Waals surface area contributed by atoms with Crippen LogP contribution in [0, 0.1) is 10.1 Å². The Balaban J connectivity index is 1.77. The van der Waals surface area contributed by atoms with E-state index in [9.17, 15) is 14.9 Å². The van der Waals surface area contributed by atoms with Crippen LogP contribution < -0.4 is 10.7 Å². The van der Waals surface area contributed by atoms with E-state index in [2.05, 4.69) is 15.8 Å². The number of nitrogens with zero attached hydrogens (tertiary/aromatic N) is 2. The van der Waals surface area contributed by atoms with Crippen LogP contribution in [0.15, 0.2) is 59.7 Å². The number of hydrazone groups is 1. The third-order valence-corrected chi connectivity index (χ3v) is 4.58. The van der Waals surface area contributed by atoms with Crippen LogP contribution in [0.25, 0.3) is 0 Å². The first-order valence-corrected chi connectivity index (χ1v) is 9.08. The van der Waals surface area contributed by atoms with Crippen molar-refractivity contribution in [1.29, 1.82) is 0 Å². The average Bonchev–Trinajstić information content (AvgIpc) is 2.70. The zero-order valence-corrected chi connectivity index (χ0v) is 14.9. The van der Waals surface area contributed by atoms with E-state index >= 15 is 0 Å². The van der Waals surface area contributed by atoms with Gasteiger partial charge in [-0.15, -0.1) is 0 Å². The fraction of sp³-hybridized carbons (Fsp3) is 0.300. The van der Waals surface area contributed by atoms with Gasteiger partial charge in [0.25, 0.3) is 11.6 Å². The van der Waals surface area contributed by atoms with Crippen molar-refractivity contribution in [3.63, 3.8) is 0 Å². The largest absolute Gasteiger partial charge is 0.348 e. The molecule has 0 heterocycles. The Morgan fingerprint density at radius 2 is 1.67 bits per heavy atom. The van der Waals surface area contributed by atoms with Crippen molar-refractivity contribution < 1.29 is 9.72 Å². The highest BCUT2D eigenvalue weighted by Crippen LogP contribution is 2.18. The van der Waals surface area contributed by atoms with Crippen LogP contribution in [-0.2, 0) is 4.79 Å². The minimum Gasteiger partial charge on any atom is -0.348 e. The smallest absolute Gasteiger partial charge is 0.272 e. The van der Waals surface area contributed by atoms with E-state index in [1.165, 1.54) is 18.6 Å².